The molecular weight excluding hydrogens is 1030 g/mol. The Labute approximate surface area is 492 Å². The zero-order valence-corrected chi connectivity index (χ0v) is 48.3. The van der Waals surface area contributed by atoms with Crippen LogP contribution in [0, 0.1) is 0 Å². The Hall–Kier alpha value is -9.90. The van der Waals surface area contributed by atoms with Crippen LogP contribution < -0.4 is 21.3 Å². The molecular formula is C81H60N4. The van der Waals surface area contributed by atoms with Crippen LogP contribution in [0.3, 0.4) is 0 Å². The van der Waals surface area contributed by atoms with E-state index in [9.17, 15) is 0 Å². The van der Waals surface area contributed by atoms with Crippen molar-refractivity contribution in [2.24, 2.45) is 0 Å². The van der Waals surface area contributed by atoms with Gasteiger partial charge in [-0.15, -0.1) is 0 Å². The first-order valence-electron chi connectivity index (χ1n) is 31.2. The maximum atomic E-state index is 3.84. The number of benzene rings is 15. The molecule has 2 aliphatic carbocycles. The van der Waals surface area contributed by atoms with E-state index in [2.05, 4.69) is 231 Å². The minimum Gasteiger partial charge on any atom is -0.385 e. The SMILES string of the molecule is CCCNc1ccc(NCC)c2c1-c1ccc3c4ccc5c6c(-c7ccccc7)c7c8ccc9c%10ccc%11c%12c(ccc(c%13ccc(c7c(-c7ccccc7)c6c6ccc(c7ccc-2c1c73)c4c65)c8c%139)c%12%10)-c1c(NCCC)ccc(NCCC)c1-%11. The summed E-state index contributed by atoms with van der Waals surface area (Å²) in [6, 6.07) is 71.3. The van der Waals surface area contributed by atoms with Crippen LogP contribution in [-0.2, 0) is 0 Å². The van der Waals surface area contributed by atoms with Crippen molar-refractivity contribution in [3.05, 3.63) is 182 Å². The predicted molar refractivity (Wildman–Crippen MR) is 371 cm³/mol. The summed E-state index contributed by atoms with van der Waals surface area (Å²) in [6.07, 6.45) is 3.21. The minimum absolute atomic E-state index is 0.866. The van der Waals surface area contributed by atoms with Crippen molar-refractivity contribution < 1.29 is 0 Å². The highest BCUT2D eigenvalue weighted by Crippen LogP contribution is 2.62. The smallest absolute Gasteiger partial charge is 0.0427 e. The molecule has 0 aliphatic heterocycles. The molecule has 0 unspecified atom stereocenters. The summed E-state index contributed by atoms with van der Waals surface area (Å²) >= 11 is 0. The van der Waals surface area contributed by atoms with Crippen molar-refractivity contribution in [1.29, 1.82) is 0 Å². The normalized spacial score (nSPS) is 12.8. The Bertz CT molecular complexity index is 5450. The minimum atomic E-state index is 0.866. The van der Waals surface area contributed by atoms with Gasteiger partial charge in [0.2, 0.25) is 0 Å². The van der Waals surface area contributed by atoms with Crippen LogP contribution in [0.25, 0.3) is 196 Å². The summed E-state index contributed by atoms with van der Waals surface area (Å²) in [7, 11) is 0. The highest BCUT2D eigenvalue weighted by atomic mass is 14.9. The summed E-state index contributed by atoms with van der Waals surface area (Å²) < 4.78 is 0. The fraction of sp³-hybridized carbons (Fsp3) is 0.136. The summed E-state index contributed by atoms with van der Waals surface area (Å²) in [4.78, 5) is 0. The van der Waals surface area contributed by atoms with E-state index < -0.39 is 0 Å². The number of anilines is 4. The first-order chi connectivity index (χ1) is 42.1. The summed E-state index contributed by atoms with van der Waals surface area (Å²) in [5.41, 5.74) is 20.6. The van der Waals surface area contributed by atoms with Gasteiger partial charge in [-0.3, -0.25) is 0 Å². The van der Waals surface area contributed by atoms with Gasteiger partial charge < -0.3 is 21.3 Å². The maximum Gasteiger partial charge on any atom is 0.0427 e. The van der Waals surface area contributed by atoms with E-state index >= 15 is 0 Å². The van der Waals surface area contributed by atoms with Gasteiger partial charge in [-0.1, -0.05) is 178 Å². The number of hydrogen-bond donors (Lipinski definition) is 4. The van der Waals surface area contributed by atoms with E-state index in [1.165, 1.54) is 219 Å². The summed E-state index contributed by atoms with van der Waals surface area (Å²) in [6.45, 7) is 12.6. The lowest BCUT2D eigenvalue weighted by molar-refractivity contribution is 0.977. The second-order valence-corrected chi connectivity index (χ2v) is 24.4. The van der Waals surface area contributed by atoms with Gasteiger partial charge in [0.15, 0.2) is 0 Å². The molecule has 0 heterocycles. The lowest BCUT2D eigenvalue weighted by Crippen LogP contribution is -2.05. The molecule has 4 N–H and O–H groups in total. The second kappa shape index (κ2) is 17.3. The first-order valence-corrected chi connectivity index (χ1v) is 31.2. The van der Waals surface area contributed by atoms with Gasteiger partial charge in [0, 0.05) is 71.2 Å². The molecule has 0 spiro atoms. The van der Waals surface area contributed by atoms with Crippen LogP contribution in [-0.4, -0.2) is 26.2 Å². The Morgan fingerprint density at radius 2 is 0.459 bits per heavy atom. The number of fused-ring (bicyclic) bond motifs is 16. The van der Waals surface area contributed by atoms with E-state index in [0.29, 0.717) is 0 Å². The summed E-state index contributed by atoms with van der Waals surface area (Å²) in [5, 5.41) is 47.4. The van der Waals surface area contributed by atoms with Gasteiger partial charge in [-0.25, -0.2) is 0 Å². The Morgan fingerprint density at radius 1 is 0.212 bits per heavy atom. The standard InChI is InChI=1S/C81H60N4/c1-5-39-83-61-36-35-60(82-8-4)74-52-27-19-44-48-23-31-56-72-57(32-24-49(68(48)72)45-20-28-53(75(61)74)70(52)66(44)45)79-65(43-17-13-10-14-18-43)81-59-34-26-51-47-22-30-55-71-54(76-62(84-40-6-2)37-38-63(77(55)76)85-41-7-3)29-21-46(67(47)71)50-25-33-58(73(59)69(50)51)80(81)64(78(56)79)42-15-11-9-12-16-42/h9-38,82-85H,5-8,39-41H2,1-4H3. The highest BCUT2D eigenvalue weighted by molar-refractivity contribution is 6.52. The van der Waals surface area contributed by atoms with Gasteiger partial charge in [0.05, 0.1) is 0 Å². The van der Waals surface area contributed by atoms with Gasteiger partial charge >= 0.3 is 0 Å². The molecule has 85 heavy (non-hydrogen) atoms. The van der Waals surface area contributed by atoms with Crippen LogP contribution in [0.5, 0.6) is 0 Å². The summed E-state index contributed by atoms with van der Waals surface area (Å²) in [5.74, 6) is 0. The van der Waals surface area contributed by atoms with Crippen LogP contribution in [0.1, 0.15) is 47.0 Å². The molecule has 0 saturated heterocycles. The molecule has 4 heteroatoms. The molecule has 2 aliphatic rings. The first kappa shape index (κ1) is 47.6. The fourth-order valence-electron chi connectivity index (χ4n) is 16.9. The number of rotatable bonds is 13. The lowest BCUT2D eigenvalue weighted by atomic mass is 9.86. The molecule has 0 bridgehead atoms. The highest BCUT2D eigenvalue weighted by Gasteiger charge is 2.34. The maximum absolute atomic E-state index is 3.84. The van der Waals surface area contributed by atoms with E-state index in [4.69, 9.17) is 0 Å². The molecule has 0 atom stereocenters. The average molecular weight is 1090 g/mol. The lowest BCUT2D eigenvalue weighted by Gasteiger charge is -2.17. The van der Waals surface area contributed by atoms with E-state index in [0.717, 1.165) is 45.4 Å². The van der Waals surface area contributed by atoms with Crippen molar-refractivity contribution in [1.82, 2.24) is 0 Å². The van der Waals surface area contributed by atoms with Crippen molar-refractivity contribution in [2.45, 2.75) is 47.0 Å². The van der Waals surface area contributed by atoms with Crippen molar-refractivity contribution in [3.63, 3.8) is 0 Å². The number of nitrogens with one attached hydrogen (secondary N) is 4. The zero-order chi connectivity index (χ0) is 56.1. The molecule has 19 rings (SSSR count). The third-order valence-electron chi connectivity index (χ3n) is 20.1. The Kier molecular flexibility index (Phi) is 9.71. The molecule has 404 valence electrons. The molecule has 0 radical (unpaired) electrons. The third kappa shape index (κ3) is 5.92. The molecule has 17 aromatic carbocycles. The number of hydrogen-bond acceptors (Lipinski definition) is 4. The quantitative estimate of drug-likeness (QED) is 0.0686. The van der Waals surface area contributed by atoms with Gasteiger partial charge in [0.1, 0.15) is 0 Å². The van der Waals surface area contributed by atoms with E-state index in [1.807, 2.05) is 0 Å². The third-order valence-corrected chi connectivity index (χ3v) is 20.1. The zero-order valence-electron chi connectivity index (χ0n) is 48.3. The van der Waals surface area contributed by atoms with Crippen LogP contribution in [0.15, 0.2) is 182 Å². The van der Waals surface area contributed by atoms with Crippen molar-refractivity contribution in [2.75, 3.05) is 47.4 Å². The predicted octanol–water partition coefficient (Wildman–Crippen LogP) is 22.8. The Morgan fingerprint density at radius 3 is 0.741 bits per heavy atom. The molecule has 0 amide bonds. The van der Waals surface area contributed by atoms with Crippen molar-refractivity contribution >= 4 is 152 Å². The van der Waals surface area contributed by atoms with Crippen LogP contribution in [0.2, 0.25) is 0 Å². The molecule has 17 aromatic rings. The Balaban J connectivity index is 0.927. The van der Waals surface area contributed by atoms with Crippen molar-refractivity contribution in [3.8, 4) is 66.8 Å². The molecule has 4 nitrogen and oxygen atoms in total. The fourth-order valence-corrected chi connectivity index (χ4v) is 16.9. The van der Waals surface area contributed by atoms with Gasteiger partial charge in [-0.05, 0) is 224 Å². The topological polar surface area (TPSA) is 48.1 Å². The van der Waals surface area contributed by atoms with Gasteiger partial charge in [0.25, 0.3) is 0 Å². The van der Waals surface area contributed by atoms with E-state index in [-0.39, 0.29) is 0 Å². The molecule has 0 fully saturated rings. The molecule has 0 aromatic heterocycles. The van der Waals surface area contributed by atoms with Crippen LogP contribution in [0.4, 0.5) is 22.7 Å². The van der Waals surface area contributed by atoms with E-state index in [1.54, 1.807) is 0 Å². The second-order valence-electron chi connectivity index (χ2n) is 24.4. The average Bonchev–Trinajstić information content (AvgIpc) is 1.78. The van der Waals surface area contributed by atoms with Crippen LogP contribution >= 0.6 is 0 Å². The van der Waals surface area contributed by atoms with Gasteiger partial charge in [-0.2, -0.15) is 0 Å². The molecule has 0 saturated carbocycles. The monoisotopic (exact) mass is 1090 g/mol. The largest absolute Gasteiger partial charge is 0.385 e.